The fraction of sp³-hybridized carbons (Fsp3) is 0.211. The van der Waals surface area contributed by atoms with Gasteiger partial charge in [-0.3, -0.25) is 9.59 Å². The Bertz CT molecular complexity index is 978. The molecule has 0 saturated carbocycles. The molecule has 1 amide bonds. The molecule has 140 valence electrons. The van der Waals surface area contributed by atoms with E-state index in [9.17, 15) is 9.59 Å². The minimum absolute atomic E-state index is 0.0490. The van der Waals surface area contributed by atoms with Gasteiger partial charge in [0.05, 0.1) is 11.3 Å². The Balaban J connectivity index is 1.96. The minimum Gasteiger partial charge on any atom is -0.397 e. The van der Waals surface area contributed by atoms with Gasteiger partial charge in [0.1, 0.15) is 15.6 Å². The summed E-state index contributed by atoms with van der Waals surface area (Å²) in [5.74, 6) is -1.07. The van der Waals surface area contributed by atoms with Gasteiger partial charge in [0, 0.05) is 17.7 Å². The van der Waals surface area contributed by atoms with E-state index in [-0.39, 0.29) is 27.9 Å². The van der Waals surface area contributed by atoms with Gasteiger partial charge in [0.25, 0.3) is 5.91 Å². The first kappa shape index (κ1) is 18.7. The van der Waals surface area contributed by atoms with Crippen molar-refractivity contribution < 1.29 is 14.1 Å². The molecule has 27 heavy (non-hydrogen) atoms. The highest BCUT2D eigenvalue weighted by Gasteiger charge is 2.27. The summed E-state index contributed by atoms with van der Waals surface area (Å²) < 4.78 is 5.22. The van der Waals surface area contributed by atoms with Crippen molar-refractivity contribution in [3.63, 3.8) is 0 Å². The molecule has 0 bridgehead atoms. The Morgan fingerprint density at radius 3 is 2.63 bits per heavy atom. The van der Waals surface area contributed by atoms with Crippen LogP contribution in [0.3, 0.4) is 0 Å². The topological polar surface area (TPSA) is 124 Å². The number of primary amides is 1. The third-order valence-corrected chi connectivity index (χ3v) is 5.33. The van der Waals surface area contributed by atoms with Gasteiger partial charge >= 0.3 is 0 Å². The SMILES string of the molecule is CCC(C)Nc1sc(C(=O)c2cc(-c3ccccc3)no2)c(N)c1C(N)=O. The van der Waals surface area contributed by atoms with E-state index in [0.717, 1.165) is 23.3 Å². The summed E-state index contributed by atoms with van der Waals surface area (Å²) in [6, 6.07) is 11.0. The quantitative estimate of drug-likeness (QED) is 0.535. The van der Waals surface area contributed by atoms with Gasteiger partial charge in [-0.05, 0) is 13.3 Å². The van der Waals surface area contributed by atoms with E-state index in [1.807, 2.05) is 44.2 Å². The minimum atomic E-state index is -0.684. The second-order valence-corrected chi connectivity index (χ2v) is 7.16. The van der Waals surface area contributed by atoms with Gasteiger partial charge in [-0.15, -0.1) is 11.3 Å². The Morgan fingerprint density at radius 2 is 2.00 bits per heavy atom. The molecule has 7 nitrogen and oxygen atoms in total. The number of nitrogens with two attached hydrogens (primary N) is 2. The molecule has 0 saturated heterocycles. The molecular formula is C19H20N4O3S. The fourth-order valence-corrected chi connectivity index (χ4v) is 3.71. The zero-order chi connectivity index (χ0) is 19.6. The Kier molecular flexibility index (Phi) is 5.27. The van der Waals surface area contributed by atoms with Crippen LogP contribution in [0, 0.1) is 0 Å². The molecule has 3 aromatic rings. The summed E-state index contributed by atoms with van der Waals surface area (Å²) in [7, 11) is 0. The molecule has 2 heterocycles. The van der Waals surface area contributed by atoms with Crippen molar-refractivity contribution in [2.75, 3.05) is 11.1 Å². The second kappa shape index (κ2) is 7.63. The molecule has 0 fully saturated rings. The van der Waals surface area contributed by atoms with Crippen LogP contribution in [0.1, 0.15) is 46.1 Å². The van der Waals surface area contributed by atoms with Crippen LogP contribution in [0.2, 0.25) is 0 Å². The number of aromatic nitrogens is 1. The number of nitrogens with one attached hydrogen (secondary N) is 1. The molecule has 0 spiro atoms. The summed E-state index contributed by atoms with van der Waals surface area (Å²) in [5.41, 5.74) is 13.1. The third-order valence-electron chi connectivity index (χ3n) is 4.19. The fourth-order valence-electron chi connectivity index (χ4n) is 2.52. The number of ketones is 1. The molecule has 5 N–H and O–H groups in total. The highest BCUT2D eigenvalue weighted by atomic mass is 32.1. The molecule has 1 aromatic carbocycles. The van der Waals surface area contributed by atoms with E-state index >= 15 is 0 Å². The van der Waals surface area contributed by atoms with Crippen molar-refractivity contribution in [3.05, 3.63) is 52.6 Å². The number of amides is 1. The van der Waals surface area contributed by atoms with Gasteiger partial charge < -0.3 is 21.3 Å². The standard InChI is InChI=1S/C19H20N4O3S/c1-3-10(2)22-19-14(18(21)25)15(20)17(27-19)16(24)13-9-12(23-26-13)11-7-5-4-6-8-11/h4-10,22H,3,20H2,1-2H3,(H2,21,25). The molecule has 0 radical (unpaired) electrons. The molecule has 0 aliphatic rings. The summed E-state index contributed by atoms with van der Waals surface area (Å²) >= 11 is 1.09. The van der Waals surface area contributed by atoms with E-state index < -0.39 is 11.7 Å². The van der Waals surface area contributed by atoms with E-state index in [2.05, 4.69) is 10.5 Å². The van der Waals surface area contributed by atoms with Gasteiger partial charge in [0.15, 0.2) is 0 Å². The number of nitrogen functional groups attached to an aromatic ring is 1. The second-order valence-electron chi connectivity index (χ2n) is 6.14. The monoisotopic (exact) mass is 384 g/mol. The first-order valence-corrected chi connectivity index (χ1v) is 9.29. The van der Waals surface area contributed by atoms with Crippen LogP contribution in [0.15, 0.2) is 40.9 Å². The number of carbonyl (C=O) groups is 2. The molecule has 1 unspecified atom stereocenters. The summed E-state index contributed by atoms with van der Waals surface area (Å²) in [6.07, 6.45) is 0.835. The number of benzene rings is 1. The molecule has 0 aliphatic carbocycles. The van der Waals surface area contributed by atoms with E-state index in [1.54, 1.807) is 6.07 Å². The zero-order valence-electron chi connectivity index (χ0n) is 15.0. The maximum atomic E-state index is 12.9. The van der Waals surface area contributed by atoms with E-state index in [4.69, 9.17) is 16.0 Å². The van der Waals surface area contributed by atoms with Crippen molar-refractivity contribution in [2.45, 2.75) is 26.3 Å². The first-order valence-electron chi connectivity index (χ1n) is 8.47. The number of rotatable bonds is 7. The lowest BCUT2D eigenvalue weighted by molar-refractivity contribution is 0.1000. The number of nitrogens with zero attached hydrogens (tertiary/aromatic N) is 1. The van der Waals surface area contributed by atoms with Crippen LogP contribution < -0.4 is 16.8 Å². The van der Waals surface area contributed by atoms with Gasteiger partial charge in [-0.1, -0.05) is 42.4 Å². The number of carbonyl (C=O) groups excluding carboxylic acids is 2. The normalized spacial score (nSPS) is 11.9. The molecular weight excluding hydrogens is 364 g/mol. The highest BCUT2D eigenvalue weighted by molar-refractivity contribution is 7.19. The third kappa shape index (κ3) is 3.70. The van der Waals surface area contributed by atoms with Crippen LogP contribution in [0.5, 0.6) is 0 Å². The van der Waals surface area contributed by atoms with Crippen LogP contribution in [0.4, 0.5) is 10.7 Å². The van der Waals surface area contributed by atoms with Gasteiger partial charge in [-0.25, -0.2) is 0 Å². The molecule has 2 aromatic heterocycles. The number of thiophene rings is 1. The number of hydrogen-bond acceptors (Lipinski definition) is 7. The smallest absolute Gasteiger partial charge is 0.253 e. The maximum absolute atomic E-state index is 12.9. The van der Waals surface area contributed by atoms with Crippen molar-refractivity contribution in [1.29, 1.82) is 0 Å². The van der Waals surface area contributed by atoms with Crippen molar-refractivity contribution in [1.82, 2.24) is 5.16 Å². The van der Waals surface area contributed by atoms with Crippen LogP contribution in [-0.4, -0.2) is 22.9 Å². The predicted octanol–water partition coefficient (Wildman–Crippen LogP) is 3.53. The average molecular weight is 384 g/mol. The van der Waals surface area contributed by atoms with Crippen LogP contribution in [-0.2, 0) is 0 Å². The van der Waals surface area contributed by atoms with Gasteiger partial charge in [-0.2, -0.15) is 0 Å². The largest absolute Gasteiger partial charge is 0.397 e. The summed E-state index contributed by atoms with van der Waals surface area (Å²) in [5, 5.41) is 7.62. The zero-order valence-corrected chi connectivity index (χ0v) is 15.8. The Labute approximate surface area is 160 Å². The van der Waals surface area contributed by atoms with Crippen molar-refractivity contribution in [2.24, 2.45) is 5.73 Å². The molecule has 1 atom stereocenters. The lowest BCUT2D eigenvalue weighted by Crippen LogP contribution is -2.18. The van der Waals surface area contributed by atoms with E-state index in [1.165, 1.54) is 0 Å². The number of anilines is 2. The first-order chi connectivity index (χ1) is 12.9. The number of hydrogen-bond donors (Lipinski definition) is 3. The molecule has 0 aliphatic heterocycles. The summed E-state index contributed by atoms with van der Waals surface area (Å²) in [6.45, 7) is 3.97. The molecule has 3 rings (SSSR count). The average Bonchev–Trinajstić information content (AvgIpc) is 3.27. The van der Waals surface area contributed by atoms with Crippen LogP contribution in [0.25, 0.3) is 11.3 Å². The van der Waals surface area contributed by atoms with Crippen molar-refractivity contribution in [3.8, 4) is 11.3 Å². The van der Waals surface area contributed by atoms with Gasteiger partial charge in [0.2, 0.25) is 11.5 Å². The lowest BCUT2D eigenvalue weighted by atomic mass is 10.1. The van der Waals surface area contributed by atoms with E-state index in [0.29, 0.717) is 10.7 Å². The maximum Gasteiger partial charge on any atom is 0.253 e. The molecule has 8 heteroatoms. The lowest BCUT2D eigenvalue weighted by Gasteiger charge is -2.11. The predicted molar refractivity (Wildman–Crippen MR) is 106 cm³/mol. The van der Waals surface area contributed by atoms with Crippen LogP contribution >= 0.6 is 11.3 Å². The Morgan fingerprint density at radius 1 is 1.30 bits per heavy atom. The summed E-state index contributed by atoms with van der Waals surface area (Å²) in [4.78, 5) is 24.9. The highest BCUT2D eigenvalue weighted by Crippen LogP contribution is 2.37. The van der Waals surface area contributed by atoms with Crippen molar-refractivity contribution >= 4 is 33.7 Å². The Hall–Kier alpha value is -3.13.